The minimum Gasteiger partial charge on any atom is -0.493 e. The molecule has 3 rings (SSSR count). The Morgan fingerprint density at radius 1 is 1.37 bits per heavy atom. The SMILES string of the molecule is C=C/C(=C\C=C/C)C(=O)/C=c1\[nH]c(=O)/c(=C/c2ccc3c(c2)CCCO3)s1. The van der Waals surface area contributed by atoms with Gasteiger partial charge in [0, 0.05) is 11.6 Å². The lowest BCUT2D eigenvalue weighted by Gasteiger charge is -2.17. The highest BCUT2D eigenvalue weighted by Gasteiger charge is 2.10. The van der Waals surface area contributed by atoms with E-state index in [1.807, 2.05) is 31.2 Å². The summed E-state index contributed by atoms with van der Waals surface area (Å²) in [5.74, 6) is 0.723. The molecule has 0 bridgehead atoms. The molecule has 1 aromatic carbocycles. The maximum absolute atomic E-state index is 12.3. The Balaban J connectivity index is 1.94. The summed E-state index contributed by atoms with van der Waals surface area (Å²) in [6.07, 6.45) is 12.1. The molecule has 5 heteroatoms. The summed E-state index contributed by atoms with van der Waals surface area (Å²) in [6.45, 7) is 6.29. The third-order valence-corrected chi connectivity index (χ3v) is 5.11. The van der Waals surface area contributed by atoms with Crippen LogP contribution in [0.4, 0.5) is 0 Å². The van der Waals surface area contributed by atoms with Crippen LogP contribution < -0.4 is 19.5 Å². The van der Waals surface area contributed by atoms with Crippen molar-refractivity contribution in [1.82, 2.24) is 4.98 Å². The predicted octanol–water partition coefficient (Wildman–Crippen LogP) is 2.63. The first kappa shape index (κ1) is 18.9. The van der Waals surface area contributed by atoms with Gasteiger partial charge in [-0.3, -0.25) is 9.59 Å². The Morgan fingerprint density at radius 3 is 3.00 bits per heavy atom. The lowest BCUT2D eigenvalue weighted by molar-refractivity contribution is -0.109. The molecule has 2 aromatic rings. The standard InChI is InChI=1S/C22H21NO3S/c1-3-5-7-16(4-2)18(24)14-21-23-22(25)20(27-21)13-15-9-10-19-17(12-15)8-6-11-26-19/h3-5,7,9-10,12-14H,2,6,8,11H2,1H3,(H,23,25)/b5-3-,16-7+,20-13-,21-14+. The van der Waals surface area contributed by atoms with Gasteiger partial charge < -0.3 is 9.72 Å². The second-order valence-corrected chi connectivity index (χ2v) is 7.19. The van der Waals surface area contributed by atoms with Gasteiger partial charge in [-0.2, -0.15) is 0 Å². The molecule has 1 aliphatic rings. The molecule has 0 aliphatic carbocycles. The van der Waals surface area contributed by atoms with Crippen LogP contribution in [0.1, 0.15) is 24.5 Å². The molecule has 1 aromatic heterocycles. The molecule has 138 valence electrons. The smallest absolute Gasteiger partial charge is 0.266 e. The van der Waals surface area contributed by atoms with Crippen molar-refractivity contribution in [2.75, 3.05) is 6.61 Å². The number of aryl methyl sites for hydroxylation is 1. The summed E-state index contributed by atoms with van der Waals surface area (Å²) in [5.41, 5.74) is 2.38. The van der Waals surface area contributed by atoms with Gasteiger partial charge in [-0.15, -0.1) is 11.3 Å². The van der Waals surface area contributed by atoms with Gasteiger partial charge in [0.1, 0.15) is 5.75 Å². The van der Waals surface area contributed by atoms with Crippen molar-refractivity contribution in [1.29, 1.82) is 0 Å². The zero-order valence-electron chi connectivity index (χ0n) is 15.2. The molecular formula is C22H21NO3S. The number of ether oxygens (including phenoxy) is 1. The van der Waals surface area contributed by atoms with Gasteiger partial charge in [-0.25, -0.2) is 0 Å². The van der Waals surface area contributed by atoms with Gasteiger partial charge in [-0.05, 0) is 49.1 Å². The number of benzene rings is 1. The number of ketones is 1. The summed E-state index contributed by atoms with van der Waals surface area (Å²) in [6, 6.07) is 5.94. The molecule has 4 nitrogen and oxygen atoms in total. The van der Waals surface area contributed by atoms with Gasteiger partial charge >= 0.3 is 0 Å². The minimum atomic E-state index is -0.203. The van der Waals surface area contributed by atoms with Crippen molar-refractivity contribution in [2.45, 2.75) is 19.8 Å². The number of rotatable bonds is 5. The van der Waals surface area contributed by atoms with Crippen LogP contribution in [0.15, 0.2) is 59.4 Å². The number of H-pyrrole nitrogens is 1. The van der Waals surface area contributed by atoms with Gasteiger partial charge in [0.25, 0.3) is 5.56 Å². The first-order valence-corrected chi connectivity index (χ1v) is 9.60. The predicted molar refractivity (Wildman–Crippen MR) is 111 cm³/mol. The van der Waals surface area contributed by atoms with E-state index >= 15 is 0 Å². The molecule has 0 amide bonds. The maximum atomic E-state index is 12.3. The highest BCUT2D eigenvalue weighted by molar-refractivity contribution is 7.07. The number of nitrogens with one attached hydrogen (secondary N) is 1. The quantitative estimate of drug-likeness (QED) is 0.642. The Morgan fingerprint density at radius 2 is 2.22 bits per heavy atom. The van der Waals surface area contributed by atoms with E-state index in [2.05, 4.69) is 17.6 Å². The van der Waals surface area contributed by atoms with Crippen LogP contribution in [0, 0.1) is 0 Å². The van der Waals surface area contributed by atoms with Crippen LogP contribution >= 0.6 is 11.3 Å². The van der Waals surface area contributed by atoms with Crippen LogP contribution in [0.2, 0.25) is 0 Å². The van der Waals surface area contributed by atoms with Crippen LogP contribution in [0.25, 0.3) is 12.2 Å². The maximum Gasteiger partial charge on any atom is 0.266 e. The van der Waals surface area contributed by atoms with Gasteiger partial charge in [0.05, 0.1) is 15.8 Å². The van der Waals surface area contributed by atoms with E-state index < -0.39 is 0 Å². The zero-order valence-corrected chi connectivity index (χ0v) is 16.0. The minimum absolute atomic E-state index is 0.196. The zero-order chi connectivity index (χ0) is 19.2. The first-order chi connectivity index (χ1) is 13.1. The molecule has 0 atom stereocenters. The largest absolute Gasteiger partial charge is 0.493 e. The van der Waals surface area contributed by atoms with Crippen molar-refractivity contribution in [3.8, 4) is 5.75 Å². The highest BCUT2D eigenvalue weighted by atomic mass is 32.1. The van der Waals surface area contributed by atoms with Crippen LogP contribution in [-0.4, -0.2) is 17.4 Å². The number of Topliss-reactive ketones (excluding diaryl/α,β-unsaturated/α-hetero) is 1. The molecule has 2 heterocycles. The Hall–Kier alpha value is -2.92. The fraction of sp³-hybridized carbons (Fsp3) is 0.182. The van der Waals surface area contributed by atoms with Gasteiger partial charge in [-0.1, -0.05) is 36.9 Å². The molecule has 1 aliphatic heterocycles. The molecule has 0 saturated heterocycles. The van der Waals surface area contributed by atoms with E-state index in [0.717, 1.165) is 36.3 Å². The van der Waals surface area contributed by atoms with Gasteiger partial charge in [0.15, 0.2) is 5.78 Å². The number of thiazole rings is 1. The molecule has 0 radical (unpaired) electrons. The summed E-state index contributed by atoms with van der Waals surface area (Å²) in [5, 5.41) is 0. The van der Waals surface area contributed by atoms with Crippen LogP contribution in [0.3, 0.4) is 0 Å². The second-order valence-electron chi connectivity index (χ2n) is 6.11. The van der Waals surface area contributed by atoms with E-state index in [-0.39, 0.29) is 11.3 Å². The molecule has 0 spiro atoms. The average Bonchev–Trinajstić information content (AvgIpc) is 3.01. The van der Waals surface area contributed by atoms with Crippen LogP contribution in [0.5, 0.6) is 5.75 Å². The number of hydrogen-bond donors (Lipinski definition) is 1. The second kappa shape index (κ2) is 8.64. The molecule has 0 unspecified atom stereocenters. The van der Waals surface area contributed by atoms with Crippen molar-refractivity contribution in [2.24, 2.45) is 0 Å². The fourth-order valence-corrected chi connectivity index (χ4v) is 3.68. The highest BCUT2D eigenvalue weighted by Crippen LogP contribution is 2.25. The van der Waals surface area contributed by atoms with E-state index in [0.29, 0.717) is 14.8 Å². The number of aromatic amines is 1. The van der Waals surface area contributed by atoms with Crippen molar-refractivity contribution in [3.63, 3.8) is 0 Å². The number of allylic oxidation sites excluding steroid dienone is 5. The Bertz CT molecular complexity index is 1100. The topological polar surface area (TPSA) is 59.2 Å². The normalized spacial score (nSPS) is 15.7. The van der Waals surface area contributed by atoms with E-state index in [9.17, 15) is 9.59 Å². The van der Waals surface area contributed by atoms with Gasteiger partial charge in [0.2, 0.25) is 0 Å². The van der Waals surface area contributed by atoms with Crippen molar-refractivity contribution in [3.05, 3.63) is 85.3 Å². The van der Waals surface area contributed by atoms with E-state index in [1.54, 1.807) is 12.2 Å². The summed E-state index contributed by atoms with van der Waals surface area (Å²) < 4.78 is 6.70. The molecule has 0 fully saturated rings. The Kier molecular flexibility index (Phi) is 6.04. The third kappa shape index (κ3) is 4.63. The van der Waals surface area contributed by atoms with Crippen molar-refractivity contribution < 1.29 is 9.53 Å². The molecule has 1 N–H and O–H groups in total. The molecule has 0 saturated carbocycles. The number of carbonyl (C=O) groups is 1. The molecular weight excluding hydrogens is 358 g/mol. The average molecular weight is 379 g/mol. The number of hydrogen-bond acceptors (Lipinski definition) is 4. The van der Waals surface area contributed by atoms with E-state index in [1.165, 1.54) is 23.5 Å². The van der Waals surface area contributed by atoms with Crippen LogP contribution in [-0.2, 0) is 11.2 Å². The van der Waals surface area contributed by atoms with Crippen molar-refractivity contribution >= 4 is 29.3 Å². The monoisotopic (exact) mass is 379 g/mol. The lowest BCUT2D eigenvalue weighted by atomic mass is 10.0. The first-order valence-electron chi connectivity index (χ1n) is 8.79. The number of aromatic nitrogens is 1. The lowest BCUT2D eigenvalue weighted by Crippen LogP contribution is -2.20. The Labute approximate surface area is 161 Å². The third-order valence-electron chi connectivity index (χ3n) is 4.15. The number of carbonyl (C=O) groups excluding carboxylic acids is 1. The summed E-state index contributed by atoms with van der Waals surface area (Å²) >= 11 is 1.26. The summed E-state index contributed by atoms with van der Waals surface area (Å²) in [7, 11) is 0. The number of fused-ring (bicyclic) bond motifs is 1. The van der Waals surface area contributed by atoms with E-state index in [4.69, 9.17) is 4.74 Å². The summed E-state index contributed by atoms with van der Waals surface area (Å²) in [4.78, 5) is 27.3. The fourth-order valence-electron chi connectivity index (χ4n) is 2.80. The molecule has 27 heavy (non-hydrogen) atoms.